The molecule has 0 fully saturated rings. The molecule has 0 atom stereocenters. The van der Waals surface area contributed by atoms with Crippen molar-refractivity contribution in [1.82, 2.24) is 0 Å². The lowest BCUT2D eigenvalue weighted by atomic mass is 10.2. The second-order valence-electron chi connectivity index (χ2n) is 5.15. The lowest BCUT2D eigenvalue weighted by Gasteiger charge is -2.23. The number of quaternary nitrogens is 1. The molecular formula is C13H25NO2+. The van der Waals surface area contributed by atoms with Crippen LogP contribution in [-0.2, 0) is 9.53 Å². The molecule has 0 unspecified atom stereocenters. The molecule has 0 spiro atoms. The molecular weight excluding hydrogens is 202 g/mol. The van der Waals surface area contributed by atoms with Gasteiger partial charge >= 0.3 is 5.97 Å². The first-order chi connectivity index (χ1) is 7.33. The minimum Gasteiger partial charge on any atom is -0.462 e. The molecule has 0 saturated carbocycles. The third-order valence-corrected chi connectivity index (χ3v) is 2.14. The Bertz CT molecular complexity index is 229. The molecule has 0 bridgehead atoms. The third kappa shape index (κ3) is 9.71. The Hall–Kier alpha value is -0.830. The van der Waals surface area contributed by atoms with E-state index in [1.807, 2.05) is 0 Å². The van der Waals surface area contributed by atoms with Gasteiger partial charge in [0.15, 0.2) is 0 Å². The zero-order valence-corrected chi connectivity index (χ0v) is 11.1. The molecule has 0 rings (SSSR count). The number of carbonyl (C=O) groups is 1. The molecule has 1 radical (unpaired) electrons. The first-order valence-electron chi connectivity index (χ1n) is 5.77. The molecule has 0 aliphatic rings. The maximum Gasteiger partial charge on any atom is 0.333 e. The summed E-state index contributed by atoms with van der Waals surface area (Å²) in [5, 5.41) is 0. The molecule has 0 aromatic rings. The quantitative estimate of drug-likeness (QED) is 0.275. The number of hydrogen-bond acceptors (Lipinski definition) is 2. The number of hydrogen-bond donors (Lipinski definition) is 0. The SMILES string of the molecule is C=C(C)C(=O)OCC[CH]CCC[N+](C)(C)C. The van der Waals surface area contributed by atoms with Crippen LogP contribution >= 0.6 is 0 Å². The van der Waals surface area contributed by atoms with Crippen molar-refractivity contribution in [2.75, 3.05) is 34.3 Å². The average Bonchev–Trinajstić information content (AvgIpc) is 2.14. The number of unbranched alkanes of at least 4 members (excludes halogenated alkanes) is 3. The van der Waals surface area contributed by atoms with Gasteiger partial charge < -0.3 is 9.22 Å². The van der Waals surface area contributed by atoms with Crippen molar-refractivity contribution in [1.29, 1.82) is 0 Å². The summed E-state index contributed by atoms with van der Waals surface area (Å²) in [7, 11) is 6.57. The van der Waals surface area contributed by atoms with Gasteiger partial charge in [0.1, 0.15) is 0 Å². The summed E-state index contributed by atoms with van der Waals surface area (Å²) in [6.07, 6.45) is 5.27. The van der Waals surface area contributed by atoms with Crippen molar-refractivity contribution in [3.05, 3.63) is 18.6 Å². The Kier molecular flexibility index (Phi) is 7.06. The second kappa shape index (κ2) is 7.44. The van der Waals surface area contributed by atoms with E-state index < -0.39 is 0 Å². The molecule has 0 aromatic heterocycles. The van der Waals surface area contributed by atoms with Crippen molar-refractivity contribution >= 4 is 5.97 Å². The number of rotatable bonds is 8. The van der Waals surface area contributed by atoms with Crippen LogP contribution in [0.2, 0.25) is 0 Å². The largest absolute Gasteiger partial charge is 0.462 e. The minimum atomic E-state index is -0.292. The number of nitrogens with zero attached hydrogens (tertiary/aromatic N) is 1. The normalized spacial score (nSPS) is 11.2. The summed E-state index contributed by atoms with van der Waals surface area (Å²) >= 11 is 0. The highest BCUT2D eigenvalue weighted by Crippen LogP contribution is 2.03. The van der Waals surface area contributed by atoms with Gasteiger partial charge in [-0.25, -0.2) is 4.79 Å². The summed E-state index contributed by atoms with van der Waals surface area (Å²) in [5.74, 6) is -0.292. The van der Waals surface area contributed by atoms with Crippen molar-refractivity contribution in [3.8, 4) is 0 Å². The predicted octanol–water partition coefficient (Wildman–Crippen LogP) is 2.19. The van der Waals surface area contributed by atoms with Gasteiger partial charge in [-0.2, -0.15) is 0 Å². The fourth-order valence-corrected chi connectivity index (χ4v) is 1.21. The monoisotopic (exact) mass is 227 g/mol. The van der Waals surface area contributed by atoms with Crippen molar-refractivity contribution in [3.63, 3.8) is 0 Å². The van der Waals surface area contributed by atoms with E-state index in [1.165, 1.54) is 13.0 Å². The molecule has 0 saturated heterocycles. The van der Waals surface area contributed by atoms with Crippen molar-refractivity contribution < 1.29 is 14.0 Å². The minimum absolute atomic E-state index is 0.292. The molecule has 16 heavy (non-hydrogen) atoms. The highest BCUT2D eigenvalue weighted by atomic mass is 16.5. The summed E-state index contributed by atoms with van der Waals surface area (Å²) in [6, 6.07) is 0. The maximum atomic E-state index is 11.0. The first-order valence-corrected chi connectivity index (χ1v) is 5.77. The Morgan fingerprint density at radius 2 is 1.94 bits per heavy atom. The van der Waals surface area contributed by atoms with Gasteiger partial charge in [-0.1, -0.05) is 6.58 Å². The second-order valence-corrected chi connectivity index (χ2v) is 5.15. The van der Waals surface area contributed by atoms with Crippen LogP contribution < -0.4 is 0 Å². The lowest BCUT2D eigenvalue weighted by Crippen LogP contribution is -2.35. The van der Waals surface area contributed by atoms with E-state index in [2.05, 4.69) is 34.1 Å². The number of ether oxygens (including phenoxy) is 1. The number of carbonyl (C=O) groups excluding carboxylic acids is 1. The summed E-state index contributed by atoms with van der Waals surface area (Å²) in [5.41, 5.74) is 0.463. The van der Waals surface area contributed by atoms with Gasteiger partial charge in [0.05, 0.1) is 34.3 Å². The zero-order chi connectivity index (χ0) is 12.6. The predicted molar refractivity (Wildman–Crippen MR) is 66.8 cm³/mol. The molecule has 0 aliphatic carbocycles. The molecule has 0 N–H and O–H groups in total. The topological polar surface area (TPSA) is 26.3 Å². The molecule has 93 valence electrons. The van der Waals surface area contributed by atoms with Crippen LogP contribution in [0.25, 0.3) is 0 Å². The van der Waals surface area contributed by atoms with E-state index in [9.17, 15) is 4.79 Å². The smallest absolute Gasteiger partial charge is 0.333 e. The summed E-state index contributed by atoms with van der Waals surface area (Å²) in [4.78, 5) is 11.0. The Morgan fingerprint density at radius 1 is 1.31 bits per heavy atom. The molecule has 0 aromatic carbocycles. The molecule has 0 aliphatic heterocycles. The zero-order valence-electron chi connectivity index (χ0n) is 11.1. The van der Waals surface area contributed by atoms with E-state index in [-0.39, 0.29) is 5.97 Å². The van der Waals surface area contributed by atoms with Crippen molar-refractivity contribution in [2.45, 2.75) is 26.2 Å². The van der Waals surface area contributed by atoms with Crippen LogP contribution in [0.3, 0.4) is 0 Å². The highest BCUT2D eigenvalue weighted by molar-refractivity contribution is 5.86. The van der Waals surface area contributed by atoms with Crippen LogP contribution in [0.1, 0.15) is 26.2 Å². The first kappa shape index (κ1) is 15.2. The van der Waals surface area contributed by atoms with E-state index in [0.717, 1.165) is 17.3 Å². The van der Waals surface area contributed by atoms with Crippen LogP contribution in [0.15, 0.2) is 12.2 Å². The van der Waals surface area contributed by atoms with Gasteiger partial charge in [-0.3, -0.25) is 0 Å². The van der Waals surface area contributed by atoms with Crippen LogP contribution in [0.4, 0.5) is 0 Å². The maximum absolute atomic E-state index is 11.0. The Balaban J connectivity index is 3.29. The van der Waals surface area contributed by atoms with Gasteiger partial charge in [-0.15, -0.1) is 0 Å². The average molecular weight is 227 g/mol. The molecule has 0 amide bonds. The highest BCUT2D eigenvalue weighted by Gasteiger charge is 2.05. The Morgan fingerprint density at radius 3 is 2.44 bits per heavy atom. The van der Waals surface area contributed by atoms with Gasteiger partial charge in [0, 0.05) is 5.57 Å². The van der Waals surface area contributed by atoms with Crippen LogP contribution in [0.5, 0.6) is 0 Å². The fraction of sp³-hybridized carbons (Fsp3) is 0.692. The summed E-state index contributed by atoms with van der Waals surface area (Å²) in [6.45, 7) is 6.82. The van der Waals surface area contributed by atoms with Crippen LogP contribution in [-0.4, -0.2) is 44.7 Å². The summed E-state index contributed by atoms with van der Waals surface area (Å²) < 4.78 is 5.98. The Labute approximate surface area is 99.7 Å². The lowest BCUT2D eigenvalue weighted by molar-refractivity contribution is -0.870. The van der Waals surface area contributed by atoms with E-state index in [4.69, 9.17) is 4.74 Å². The molecule has 3 nitrogen and oxygen atoms in total. The fourth-order valence-electron chi connectivity index (χ4n) is 1.21. The van der Waals surface area contributed by atoms with E-state index >= 15 is 0 Å². The van der Waals surface area contributed by atoms with Gasteiger partial charge in [0.25, 0.3) is 0 Å². The van der Waals surface area contributed by atoms with E-state index in [1.54, 1.807) is 6.92 Å². The third-order valence-electron chi connectivity index (χ3n) is 2.14. The molecule has 0 heterocycles. The van der Waals surface area contributed by atoms with Gasteiger partial charge in [-0.05, 0) is 32.6 Å². The van der Waals surface area contributed by atoms with Gasteiger partial charge in [0.2, 0.25) is 0 Å². The van der Waals surface area contributed by atoms with E-state index in [0.29, 0.717) is 12.2 Å². The van der Waals surface area contributed by atoms with Crippen molar-refractivity contribution in [2.24, 2.45) is 0 Å². The van der Waals surface area contributed by atoms with Crippen LogP contribution in [0, 0.1) is 6.42 Å². The molecule has 3 heteroatoms. The standard InChI is InChI=1S/C13H25NO2/c1-12(2)13(15)16-11-9-7-6-8-10-14(3,4)5/h7H,1,6,8-11H2,2-5H3/q+1. The number of esters is 1.